The standard InChI is InChI=1S/C30H35BrO3S2.CH2O/c1-27(2,3)18-9-13-20(14-10-18)35(32)22-17-29(7)26(31)25(24-23(22)30(24,29)8)36(33,34)21-15-11-19(12-16-21)28(4,5)6;1-2/h9-17,23-24H,1-8H3;1H2. The van der Waals surface area contributed by atoms with Crippen molar-refractivity contribution < 1.29 is 17.4 Å². The fourth-order valence-electron chi connectivity index (χ4n) is 6.19. The predicted molar refractivity (Wildman–Crippen MR) is 158 cm³/mol. The highest BCUT2D eigenvalue weighted by Gasteiger charge is 2.81. The molecule has 0 saturated heterocycles. The van der Waals surface area contributed by atoms with Gasteiger partial charge in [-0.25, -0.2) is 12.6 Å². The molecule has 2 aromatic carbocycles. The first-order chi connectivity index (χ1) is 17.5. The molecule has 5 atom stereocenters. The van der Waals surface area contributed by atoms with E-state index in [1.54, 1.807) is 12.1 Å². The van der Waals surface area contributed by atoms with Gasteiger partial charge in [-0.05, 0) is 51.6 Å². The highest BCUT2D eigenvalue weighted by Crippen LogP contribution is 2.85. The molecule has 0 radical (unpaired) electrons. The predicted octanol–water partition coefficient (Wildman–Crippen LogP) is 7.45. The second-order valence-corrected chi connectivity index (χ2v) is 17.2. The van der Waals surface area contributed by atoms with Gasteiger partial charge < -0.3 is 4.79 Å². The van der Waals surface area contributed by atoms with E-state index in [0.29, 0.717) is 14.3 Å². The molecule has 2 aromatic rings. The van der Waals surface area contributed by atoms with Crippen LogP contribution in [0.4, 0.5) is 0 Å². The third-order valence-electron chi connectivity index (χ3n) is 8.80. The van der Waals surface area contributed by atoms with Crippen molar-refractivity contribution in [3.05, 3.63) is 80.0 Å². The molecule has 5 unspecified atom stereocenters. The summed E-state index contributed by atoms with van der Waals surface area (Å²) in [6.07, 6.45) is 2.08. The first kappa shape index (κ1) is 29.2. The molecule has 1 saturated carbocycles. The van der Waals surface area contributed by atoms with E-state index in [1.165, 1.54) is 5.56 Å². The van der Waals surface area contributed by atoms with Gasteiger partial charge >= 0.3 is 0 Å². The first-order valence-corrected chi connectivity index (χ1v) is 16.2. The molecule has 7 heteroatoms. The number of allylic oxidation sites excluding steroid dienone is 4. The number of benzene rings is 2. The van der Waals surface area contributed by atoms with Crippen LogP contribution in [-0.4, -0.2) is 19.4 Å². The van der Waals surface area contributed by atoms with Gasteiger partial charge in [-0.15, -0.1) is 0 Å². The van der Waals surface area contributed by atoms with Crippen LogP contribution in [0.1, 0.15) is 66.5 Å². The number of fused-ring (bicyclic) bond motifs is 1. The molecule has 38 heavy (non-hydrogen) atoms. The minimum absolute atomic E-state index is 0.0252. The van der Waals surface area contributed by atoms with Crippen molar-refractivity contribution in [2.24, 2.45) is 22.7 Å². The van der Waals surface area contributed by atoms with Gasteiger partial charge in [0.05, 0.1) is 20.6 Å². The van der Waals surface area contributed by atoms with E-state index in [-0.39, 0.29) is 28.1 Å². The molecular formula is C31H37BrO4S2. The van der Waals surface area contributed by atoms with Crippen LogP contribution in [0.3, 0.4) is 0 Å². The fraction of sp³-hybridized carbons (Fsp3) is 0.452. The van der Waals surface area contributed by atoms with E-state index in [1.807, 2.05) is 31.1 Å². The van der Waals surface area contributed by atoms with E-state index >= 15 is 0 Å². The molecule has 0 N–H and O–H groups in total. The van der Waals surface area contributed by atoms with Crippen molar-refractivity contribution >= 4 is 43.4 Å². The van der Waals surface area contributed by atoms with Crippen molar-refractivity contribution in [2.75, 3.05) is 0 Å². The second-order valence-electron chi connectivity index (χ2n) is 13.0. The third kappa shape index (κ3) is 4.06. The number of carbonyl (C=O) groups excluding carboxylic acids is 1. The molecule has 4 nitrogen and oxygen atoms in total. The molecule has 0 aliphatic heterocycles. The summed E-state index contributed by atoms with van der Waals surface area (Å²) in [4.78, 5) is 10.4. The molecular weight excluding hydrogens is 580 g/mol. The Morgan fingerprint density at radius 1 is 0.816 bits per heavy atom. The summed E-state index contributed by atoms with van der Waals surface area (Å²) in [5, 5.41) is 0. The molecule has 0 aromatic heterocycles. The highest BCUT2D eigenvalue weighted by atomic mass is 79.9. The van der Waals surface area contributed by atoms with Gasteiger partial charge in [-0.3, -0.25) is 0 Å². The minimum Gasteiger partial charge on any atom is -0.307 e. The summed E-state index contributed by atoms with van der Waals surface area (Å²) in [7, 11) is -5.03. The third-order valence-corrected chi connectivity index (χ3v) is 13.7. The first-order valence-electron chi connectivity index (χ1n) is 12.8. The number of carbonyl (C=O) groups is 1. The van der Waals surface area contributed by atoms with Crippen LogP contribution in [0.15, 0.2) is 78.7 Å². The van der Waals surface area contributed by atoms with Gasteiger partial charge in [0.15, 0.2) is 0 Å². The molecule has 204 valence electrons. The molecule has 0 spiro atoms. The topological polar surface area (TPSA) is 68.3 Å². The maximum atomic E-state index is 13.9. The van der Waals surface area contributed by atoms with Gasteiger partial charge in [0.1, 0.15) is 6.79 Å². The van der Waals surface area contributed by atoms with Crippen LogP contribution >= 0.6 is 15.9 Å². The lowest BCUT2D eigenvalue weighted by atomic mass is 9.79. The zero-order valence-electron chi connectivity index (χ0n) is 23.4. The highest BCUT2D eigenvalue weighted by molar-refractivity contribution is 9.11. The van der Waals surface area contributed by atoms with E-state index in [4.69, 9.17) is 4.79 Å². The number of hydrogen-bond acceptors (Lipinski definition) is 4. The Morgan fingerprint density at radius 3 is 1.68 bits per heavy atom. The summed E-state index contributed by atoms with van der Waals surface area (Å²) in [6, 6.07) is 15.3. The normalized spacial score (nSPS) is 28.8. The van der Waals surface area contributed by atoms with Crippen molar-refractivity contribution in [1.82, 2.24) is 0 Å². The largest absolute Gasteiger partial charge is 0.307 e. The lowest BCUT2D eigenvalue weighted by molar-refractivity contribution is -0.0980. The van der Waals surface area contributed by atoms with E-state index in [2.05, 4.69) is 89.5 Å². The molecule has 3 aliphatic carbocycles. The lowest BCUT2D eigenvalue weighted by Crippen LogP contribution is -2.21. The van der Waals surface area contributed by atoms with Gasteiger partial charge in [-0.2, -0.15) is 0 Å². The lowest BCUT2D eigenvalue weighted by Gasteiger charge is -2.27. The average Bonchev–Trinajstić information content (AvgIpc) is 3.36. The van der Waals surface area contributed by atoms with Crippen LogP contribution in [-0.2, 0) is 36.3 Å². The number of rotatable bonds is 4. The summed E-state index contributed by atoms with van der Waals surface area (Å²) < 4.78 is 42.4. The van der Waals surface area contributed by atoms with Gasteiger partial charge in [0.25, 0.3) is 0 Å². The Labute approximate surface area is 238 Å². The zero-order chi connectivity index (χ0) is 28.6. The van der Waals surface area contributed by atoms with Crippen LogP contribution in [0.5, 0.6) is 0 Å². The van der Waals surface area contributed by atoms with Crippen LogP contribution in [0.2, 0.25) is 0 Å². The number of halogens is 1. The smallest absolute Gasteiger partial charge is 0.203 e. The van der Waals surface area contributed by atoms with E-state index < -0.39 is 26.1 Å². The second kappa shape index (κ2) is 9.10. The zero-order valence-corrected chi connectivity index (χ0v) is 26.6. The average molecular weight is 618 g/mol. The molecule has 0 bridgehead atoms. The van der Waals surface area contributed by atoms with Crippen molar-refractivity contribution in [2.45, 2.75) is 76.0 Å². The quantitative estimate of drug-likeness (QED) is 0.357. The molecule has 5 rings (SSSR count). The van der Waals surface area contributed by atoms with Crippen LogP contribution in [0.25, 0.3) is 0 Å². The molecule has 1 fully saturated rings. The van der Waals surface area contributed by atoms with Crippen molar-refractivity contribution in [1.29, 1.82) is 0 Å². The Hall–Kier alpha value is -1.83. The number of sulfone groups is 1. The summed E-state index contributed by atoms with van der Waals surface area (Å²) in [5.41, 5.74) is 1.49. The Bertz CT molecular complexity index is 1470. The molecule has 0 heterocycles. The summed E-state index contributed by atoms with van der Waals surface area (Å²) in [5.74, 6) is -0.201. The van der Waals surface area contributed by atoms with Crippen LogP contribution in [0, 0.1) is 22.7 Å². The number of hydrogen-bond donors (Lipinski definition) is 0. The monoisotopic (exact) mass is 616 g/mol. The Balaban J connectivity index is 0.00000164. The van der Waals surface area contributed by atoms with Gasteiger partial charge in [0.2, 0.25) is 9.84 Å². The summed E-state index contributed by atoms with van der Waals surface area (Å²) >= 11 is 3.72. The van der Waals surface area contributed by atoms with Gasteiger partial charge in [-0.1, -0.05) is 102 Å². The maximum Gasteiger partial charge on any atom is 0.203 e. The summed E-state index contributed by atoms with van der Waals surface area (Å²) in [6.45, 7) is 19.1. The molecule has 0 amide bonds. The Morgan fingerprint density at radius 2 is 1.26 bits per heavy atom. The van der Waals surface area contributed by atoms with Crippen molar-refractivity contribution in [3.8, 4) is 0 Å². The minimum atomic E-state index is -3.70. The van der Waals surface area contributed by atoms with Gasteiger partial charge in [0, 0.05) is 31.5 Å². The van der Waals surface area contributed by atoms with Crippen LogP contribution < -0.4 is 0 Å². The fourth-order valence-corrected chi connectivity index (χ4v) is 11.1. The maximum absolute atomic E-state index is 13.9. The van der Waals surface area contributed by atoms with E-state index in [0.717, 1.165) is 15.4 Å². The SMILES string of the molecule is C=O.CC(C)(C)c1ccc(S(=O)C2=CC3(C)C(Br)=C(S(=O)(=O)c4ccc(C(C)(C)C)cc4)C4C2C43C)cc1. The van der Waals surface area contributed by atoms with E-state index in [9.17, 15) is 12.6 Å². The Kier molecular flexibility index (Phi) is 6.98. The molecule has 3 aliphatic rings. The van der Waals surface area contributed by atoms with Crippen molar-refractivity contribution in [3.63, 3.8) is 0 Å².